The molecule has 1 aromatic heterocycles. The number of rotatable bonds is 6. The van der Waals surface area contributed by atoms with Crippen molar-refractivity contribution in [2.45, 2.75) is 6.54 Å². The second-order valence-electron chi connectivity index (χ2n) is 6.89. The van der Waals surface area contributed by atoms with Gasteiger partial charge in [0.1, 0.15) is 5.82 Å². The number of halogens is 1. The van der Waals surface area contributed by atoms with Crippen LogP contribution in [0.25, 0.3) is 22.3 Å². The lowest BCUT2D eigenvalue weighted by Crippen LogP contribution is -2.24. The Balaban J connectivity index is 2.02. The van der Waals surface area contributed by atoms with Crippen LogP contribution in [-0.4, -0.2) is 30.9 Å². The predicted octanol–water partition coefficient (Wildman–Crippen LogP) is 4.79. The molecule has 6 nitrogen and oxygen atoms in total. The molecule has 0 fully saturated rings. The van der Waals surface area contributed by atoms with E-state index in [1.807, 2.05) is 30.3 Å². The molecular weight excluding hydrogens is 416 g/mol. The third-order valence-electron chi connectivity index (χ3n) is 5.02. The number of nitrogens with zero attached hydrogens (tertiary/aromatic N) is 2. The molecule has 1 heterocycles. The molecule has 0 saturated heterocycles. The Morgan fingerprint density at radius 2 is 1.58 bits per heavy atom. The molecule has 0 saturated carbocycles. The Bertz CT molecular complexity index is 1280. The van der Waals surface area contributed by atoms with Crippen LogP contribution in [0.1, 0.15) is 5.56 Å². The number of benzene rings is 3. The number of hydrogen-bond donors (Lipinski definition) is 0. The van der Waals surface area contributed by atoms with Crippen molar-refractivity contribution in [3.63, 3.8) is 0 Å². The van der Waals surface area contributed by atoms with Gasteiger partial charge in [0.25, 0.3) is 5.56 Å². The van der Waals surface area contributed by atoms with Gasteiger partial charge < -0.3 is 14.2 Å². The fraction of sp³-hybridized carbons (Fsp3) is 0.167. The van der Waals surface area contributed by atoms with Crippen LogP contribution in [0.5, 0.6) is 17.2 Å². The molecule has 0 unspecified atom stereocenters. The number of fused-ring (bicyclic) bond motifs is 1. The van der Waals surface area contributed by atoms with Crippen molar-refractivity contribution >= 4 is 22.5 Å². The second kappa shape index (κ2) is 8.70. The van der Waals surface area contributed by atoms with Gasteiger partial charge >= 0.3 is 0 Å². The molecule has 0 amide bonds. The summed E-state index contributed by atoms with van der Waals surface area (Å²) in [7, 11) is 4.64. The monoisotopic (exact) mass is 436 g/mol. The molecule has 0 spiro atoms. The molecule has 7 heteroatoms. The highest BCUT2D eigenvalue weighted by Gasteiger charge is 2.19. The van der Waals surface area contributed by atoms with E-state index in [1.165, 1.54) is 0 Å². The lowest BCUT2D eigenvalue weighted by atomic mass is 10.1. The smallest absolute Gasteiger partial charge is 0.262 e. The molecule has 0 N–H and O–H groups in total. The van der Waals surface area contributed by atoms with Crippen molar-refractivity contribution in [2.24, 2.45) is 0 Å². The topological polar surface area (TPSA) is 62.6 Å². The van der Waals surface area contributed by atoms with Crippen molar-refractivity contribution in [2.75, 3.05) is 21.3 Å². The number of aromatic nitrogens is 2. The van der Waals surface area contributed by atoms with Crippen LogP contribution in [0.3, 0.4) is 0 Å². The van der Waals surface area contributed by atoms with Crippen LogP contribution < -0.4 is 19.8 Å². The number of hydrogen-bond acceptors (Lipinski definition) is 5. The highest BCUT2D eigenvalue weighted by atomic mass is 35.5. The Morgan fingerprint density at radius 3 is 2.19 bits per heavy atom. The molecule has 4 rings (SSSR count). The van der Waals surface area contributed by atoms with Crippen molar-refractivity contribution in [3.8, 4) is 28.6 Å². The van der Waals surface area contributed by atoms with E-state index in [1.54, 1.807) is 56.2 Å². The summed E-state index contributed by atoms with van der Waals surface area (Å²) < 4.78 is 18.1. The standard InChI is InChI=1S/C24H21ClN2O4/c1-29-20-11-16(12-21(30-2)22(20)31-3)23-26-19-10-9-17(25)13-18(19)24(28)27(23)14-15-7-5-4-6-8-15/h4-13H,14H2,1-3H3. The van der Waals surface area contributed by atoms with Crippen LogP contribution in [0.4, 0.5) is 0 Å². The second-order valence-corrected chi connectivity index (χ2v) is 7.32. The number of ether oxygens (including phenoxy) is 3. The quantitative estimate of drug-likeness (QED) is 0.435. The van der Waals surface area contributed by atoms with Gasteiger partial charge in [-0.2, -0.15) is 0 Å². The van der Waals surface area contributed by atoms with Crippen molar-refractivity contribution < 1.29 is 14.2 Å². The van der Waals surface area contributed by atoms with E-state index in [4.69, 9.17) is 30.8 Å². The first-order chi connectivity index (χ1) is 15.0. The minimum absolute atomic E-state index is 0.180. The molecule has 0 bridgehead atoms. The SMILES string of the molecule is COc1cc(-c2nc3ccc(Cl)cc3c(=O)n2Cc2ccccc2)cc(OC)c1OC. The first kappa shape index (κ1) is 20.8. The van der Waals surface area contributed by atoms with Gasteiger partial charge in [-0.05, 0) is 35.9 Å². The normalized spacial score (nSPS) is 10.8. The molecule has 0 aliphatic carbocycles. The molecule has 0 aliphatic heterocycles. The Morgan fingerprint density at radius 1 is 0.903 bits per heavy atom. The van der Waals surface area contributed by atoms with Gasteiger partial charge in [0.05, 0.1) is 38.8 Å². The van der Waals surface area contributed by atoms with Gasteiger partial charge in [-0.25, -0.2) is 4.98 Å². The zero-order valence-electron chi connectivity index (χ0n) is 17.4. The van der Waals surface area contributed by atoms with E-state index in [0.29, 0.717) is 51.1 Å². The minimum Gasteiger partial charge on any atom is -0.493 e. The van der Waals surface area contributed by atoms with Crippen LogP contribution >= 0.6 is 11.6 Å². The zero-order chi connectivity index (χ0) is 22.0. The lowest BCUT2D eigenvalue weighted by Gasteiger charge is -2.17. The van der Waals surface area contributed by atoms with Gasteiger partial charge in [0, 0.05) is 10.6 Å². The molecule has 0 aliphatic rings. The third kappa shape index (κ3) is 3.94. The van der Waals surface area contributed by atoms with E-state index in [0.717, 1.165) is 5.56 Å². The van der Waals surface area contributed by atoms with E-state index in [2.05, 4.69) is 0 Å². The average molecular weight is 437 g/mol. The number of methoxy groups -OCH3 is 3. The third-order valence-corrected chi connectivity index (χ3v) is 5.26. The minimum atomic E-state index is -0.180. The van der Waals surface area contributed by atoms with Gasteiger partial charge in [0.15, 0.2) is 11.5 Å². The van der Waals surface area contributed by atoms with Gasteiger partial charge in [-0.15, -0.1) is 0 Å². The van der Waals surface area contributed by atoms with Crippen molar-refractivity contribution in [1.29, 1.82) is 0 Å². The highest BCUT2D eigenvalue weighted by Crippen LogP contribution is 2.41. The molecule has 158 valence electrons. The van der Waals surface area contributed by atoms with Crippen molar-refractivity contribution in [3.05, 3.63) is 81.6 Å². The van der Waals surface area contributed by atoms with Crippen LogP contribution in [-0.2, 0) is 6.54 Å². The van der Waals surface area contributed by atoms with Gasteiger partial charge in [-0.1, -0.05) is 41.9 Å². The summed E-state index contributed by atoms with van der Waals surface area (Å²) in [6, 6.07) is 18.4. The van der Waals surface area contributed by atoms with Gasteiger partial charge in [-0.3, -0.25) is 9.36 Å². The van der Waals surface area contributed by atoms with Crippen molar-refractivity contribution in [1.82, 2.24) is 9.55 Å². The fourth-order valence-electron chi connectivity index (χ4n) is 3.54. The molecule has 31 heavy (non-hydrogen) atoms. The molecule has 3 aromatic carbocycles. The summed E-state index contributed by atoms with van der Waals surface area (Å²) >= 11 is 6.15. The van der Waals surface area contributed by atoms with E-state index in [9.17, 15) is 4.79 Å². The highest BCUT2D eigenvalue weighted by molar-refractivity contribution is 6.31. The zero-order valence-corrected chi connectivity index (χ0v) is 18.1. The first-order valence-electron chi connectivity index (χ1n) is 9.60. The van der Waals surface area contributed by atoms with Crippen LogP contribution in [0.2, 0.25) is 5.02 Å². The summed E-state index contributed by atoms with van der Waals surface area (Å²) in [4.78, 5) is 18.3. The molecular formula is C24H21ClN2O4. The Labute approximate surface area is 184 Å². The Hall–Kier alpha value is -3.51. The van der Waals surface area contributed by atoms with Crippen LogP contribution in [0.15, 0.2) is 65.5 Å². The summed E-state index contributed by atoms with van der Waals surface area (Å²) in [6.07, 6.45) is 0. The summed E-state index contributed by atoms with van der Waals surface area (Å²) in [5.41, 5.74) is 2.02. The first-order valence-corrected chi connectivity index (χ1v) is 9.98. The molecule has 0 radical (unpaired) electrons. The Kier molecular flexibility index (Phi) is 5.82. The maximum absolute atomic E-state index is 13.5. The summed E-state index contributed by atoms with van der Waals surface area (Å²) in [6.45, 7) is 0.348. The van der Waals surface area contributed by atoms with Crippen LogP contribution in [0, 0.1) is 0 Å². The molecule has 0 atom stereocenters. The maximum Gasteiger partial charge on any atom is 0.262 e. The van der Waals surface area contributed by atoms with E-state index >= 15 is 0 Å². The average Bonchev–Trinajstić information content (AvgIpc) is 2.80. The summed E-state index contributed by atoms with van der Waals surface area (Å²) in [5, 5.41) is 0.942. The van der Waals surface area contributed by atoms with E-state index < -0.39 is 0 Å². The lowest BCUT2D eigenvalue weighted by molar-refractivity contribution is 0.324. The predicted molar refractivity (Wildman–Crippen MR) is 122 cm³/mol. The van der Waals surface area contributed by atoms with E-state index in [-0.39, 0.29) is 5.56 Å². The maximum atomic E-state index is 13.5. The summed E-state index contributed by atoms with van der Waals surface area (Å²) in [5.74, 6) is 1.92. The van der Waals surface area contributed by atoms with Gasteiger partial charge in [0.2, 0.25) is 5.75 Å². The molecule has 4 aromatic rings. The fourth-order valence-corrected chi connectivity index (χ4v) is 3.71. The largest absolute Gasteiger partial charge is 0.493 e.